The van der Waals surface area contributed by atoms with Gasteiger partial charge in [0, 0.05) is 58.4 Å². The summed E-state index contributed by atoms with van der Waals surface area (Å²) in [7, 11) is 0. The summed E-state index contributed by atoms with van der Waals surface area (Å²) in [6.45, 7) is 9.25. The normalized spacial score (nSPS) is 19.3. The molecule has 32 heavy (non-hydrogen) atoms. The van der Waals surface area contributed by atoms with E-state index in [1.54, 1.807) is 4.68 Å². The Bertz CT molecular complexity index is 920. The minimum Gasteiger partial charge on any atom is -0.353 e. The predicted molar refractivity (Wildman–Crippen MR) is 124 cm³/mol. The van der Waals surface area contributed by atoms with Crippen molar-refractivity contribution in [3.8, 4) is 0 Å². The van der Waals surface area contributed by atoms with Crippen LogP contribution in [0.4, 0.5) is 5.82 Å². The van der Waals surface area contributed by atoms with E-state index in [0.29, 0.717) is 24.6 Å². The van der Waals surface area contributed by atoms with Crippen LogP contribution in [0.3, 0.4) is 0 Å². The van der Waals surface area contributed by atoms with Gasteiger partial charge in [0.15, 0.2) is 0 Å². The third kappa shape index (κ3) is 5.11. The van der Waals surface area contributed by atoms with Crippen molar-refractivity contribution in [1.29, 1.82) is 0 Å². The maximum Gasteiger partial charge on any atom is 0.272 e. The number of pyridine rings is 1. The summed E-state index contributed by atoms with van der Waals surface area (Å²) >= 11 is 0. The Morgan fingerprint density at radius 2 is 1.91 bits per heavy atom. The zero-order chi connectivity index (χ0) is 22.5. The number of piperidine rings is 1. The lowest BCUT2D eigenvalue weighted by Crippen LogP contribution is -2.49. The van der Waals surface area contributed by atoms with Crippen molar-refractivity contribution < 1.29 is 9.59 Å². The summed E-state index contributed by atoms with van der Waals surface area (Å²) in [4.78, 5) is 36.4. The van der Waals surface area contributed by atoms with Gasteiger partial charge in [0.1, 0.15) is 11.5 Å². The number of rotatable bonds is 6. The molecule has 2 saturated heterocycles. The van der Waals surface area contributed by atoms with Crippen molar-refractivity contribution in [3.63, 3.8) is 0 Å². The van der Waals surface area contributed by atoms with Crippen LogP contribution in [0.5, 0.6) is 0 Å². The fourth-order valence-electron chi connectivity index (χ4n) is 4.82. The van der Waals surface area contributed by atoms with E-state index in [-0.39, 0.29) is 11.8 Å². The first-order valence-electron chi connectivity index (χ1n) is 11.8. The molecule has 0 radical (unpaired) electrons. The number of likely N-dealkylation sites (tertiary alicyclic amines) is 1. The van der Waals surface area contributed by atoms with Gasteiger partial charge in [-0.25, -0.2) is 4.98 Å². The van der Waals surface area contributed by atoms with Crippen molar-refractivity contribution in [2.45, 2.75) is 46.1 Å². The smallest absolute Gasteiger partial charge is 0.272 e. The molecule has 2 aliphatic rings. The highest BCUT2D eigenvalue weighted by atomic mass is 16.2. The largest absolute Gasteiger partial charge is 0.353 e. The Labute approximate surface area is 190 Å². The number of aromatic nitrogens is 3. The molecule has 172 valence electrons. The summed E-state index contributed by atoms with van der Waals surface area (Å²) in [6, 6.07) is 7.81. The van der Waals surface area contributed by atoms with E-state index in [0.717, 1.165) is 70.0 Å². The number of hydrogen-bond acceptors (Lipinski definition) is 5. The van der Waals surface area contributed by atoms with Crippen molar-refractivity contribution in [1.82, 2.24) is 24.6 Å². The first kappa shape index (κ1) is 22.3. The van der Waals surface area contributed by atoms with E-state index in [9.17, 15) is 9.59 Å². The first-order valence-corrected chi connectivity index (χ1v) is 11.8. The molecule has 1 unspecified atom stereocenters. The van der Waals surface area contributed by atoms with Gasteiger partial charge in [0.05, 0.1) is 5.69 Å². The molecule has 2 aromatic rings. The van der Waals surface area contributed by atoms with Crippen LogP contribution in [0.25, 0.3) is 0 Å². The van der Waals surface area contributed by atoms with Crippen LogP contribution in [0.1, 0.15) is 48.8 Å². The molecular formula is C24H34N6O2. The molecule has 8 nitrogen and oxygen atoms in total. The van der Waals surface area contributed by atoms with Crippen LogP contribution in [-0.2, 0) is 11.3 Å². The number of carbonyl (C=O) groups excluding carboxylic acids is 2. The van der Waals surface area contributed by atoms with Crippen molar-refractivity contribution in [2.75, 3.05) is 44.2 Å². The van der Waals surface area contributed by atoms with Gasteiger partial charge < -0.3 is 14.7 Å². The van der Waals surface area contributed by atoms with E-state index in [4.69, 9.17) is 0 Å². The minimum absolute atomic E-state index is 0.0640. The number of piperazine rings is 1. The standard InChI is InChI=1S/C24H34N6O2/c1-3-30-21(17-19(2)26-30)24(32)29-12-6-7-20(18-29)9-10-23(31)28-15-13-27(14-16-28)22-8-4-5-11-25-22/h4-5,8,11,17,20H,3,6-7,9-10,12-16,18H2,1-2H3. The van der Waals surface area contributed by atoms with Gasteiger partial charge in [-0.3, -0.25) is 14.3 Å². The molecule has 4 rings (SSSR count). The van der Waals surface area contributed by atoms with Crippen molar-refractivity contribution >= 4 is 17.6 Å². The second-order valence-electron chi connectivity index (χ2n) is 8.84. The van der Waals surface area contributed by atoms with Gasteiger partial charge >= 0.3 is 0 Å². The van der Waals surface area contributed by atoms with Gasteiger partial charge in [0.2, 0.25) is 5.91 Å². The Kier molecular flexibility index (Phi) is 7.07. The lowest BCUT2D eigenvalue weighted by Gasteiger charge is -2.36. The summed E-state index contributed by atoms with van der Waals surface area (Å²) in [5.74, 6) is 1.65. The average Bonchev–Trinajstić information content (AvgIpc) is 3.23. The van der Waals surface area contributed by atoms with Crippen LogP contribution in [0.2, 0.25) is 0 Å². The average molecular weight is 439 g/mol. The maximum atomic E-state index is 13.1. The van der Waals surface area contributed by atoms with Crippen molar-refractivity contribution in [3.05, 3.63) is 41.9 Å². The lowest BCUT2D eigenvalue weighted by atomic mass is 9.93. The molecule has 0 bridgehead atoms. The van der Waals surface area contributed by atoms with E-state index < -0.39 is 0 Å². The molecule has 0 aromatic carbocycles. The lowest BCUT2D eigenvalue weighted by molar-refractivity contribution is -0.131. The monoisotopic (exact) mass is 438 g/mol. The van der Waals surface area contributed by atoms with Gasteiger partial charge in [-0.15, -0.1) is 0 Å². The van der Waals surface area contributed by atoms with Crippen LogP contribution < -0.4 is 4.90 Å². The number of nitrogens with zero attached hydrogens (tertiary/aromatic N) is 6. The summed E-state index contributed by atoms with van der Waals surface area (Å²) in [6.07, 6.45) is 5.28. The zero-order valence-corrected chi connectivity index (χ0v) is 19.2. The number of amides is 2. The highest BCUT2D eigenvalue weighted by Crippen LogP contribution is 2.23. The van der Waals surface area contributed by atoms with E-state index >= 15 is 0 Å². The van der Waals surface area contributed by atoms with Crippen LogP contribution >= 0.6 is 0 Å². The fraction of sp³-hybridized carbons (Fsp3) is 0.583. The minimum atomic E-state index is 0.0640. The number of carbonyl (C=O) groups is 2. The Balaban J connectivity index is 1.25. The van der Waals surface area contributed by atoms with Gasteiger partial charge in [-0.2, -0.15) is 5.10 Å². The predicted octanol–water partition coefficient (Wildman–Crippen LogP) is 2.59. The molecule has 0 N–H and O–H groups in total. The second-order valence-corrected chi connectivity index (χ2v) is 8.84. The number of hydrogen-bond donors (Lipinski definition) is 0. The molecule has 0 aliphatic carbocycles. The number of aryl methyl sites for hydroxylation is 2. The molecule has 0 saturated carbocycles. The molecule has 2 aliphatic heterocycles. The first-order chi connectivity index (χ1) is 15.5. The summed E-state index contributed by atoms with van der Waals surface area (Å²) in [5, 5.41) is 4.41. The van der Waals surface area contributed by atoms with Crippen LogP contribution in [-0.4, -0.2) is 75.6 Å². The highest BCUT2D eigenvalue weighted by molar-refractivity contribution is 5.92. The highest BCUT2D eigenvalue weighted by Gasteiger charge is 2.28. The topological polar surface area (TPSA) is 74.6 Å². The van der Waals surface area contributed by atoms with Crippen molar-refractivity contribution in [2.24, 2.45) is 5.92 Å². The van der Waals surface area contributed by atoms with E-state index in [1.165, 1.54) is 0 Å². The van der Waals surface area contributed by atoms with Crippen LogP contribution in [0.15, 0.2) is 30.5 Å². The molecule has 2 aromatic heterocycles. The zero-order valence-electron chi connectivity index (χ0n) is 19.2. The molecule has 2 amide bonds. The Morgan fingerprint density at radius 3 is 2.62 bits per heavy atom. The Hall–Kier alpha value is -2.90. The number of anilines is 1. The SMILES string of the molecule is CCn1nc(C)cc1C(=O)N1CCCC(CCC(=O)N2CCN(c3ccccn3)CC2)C1. The van der Waals surface area contributed by atoms with Gasteiger partial charge in [-0.1, -0.05) is 6.07 Å². The molecule has 8 heteroatoms. The third-order valence-electron chi connectivity index (χ3n) is 6.60. The van der Waals surface area contributed by atoms with Crippen LogP contribution in [0, 0.1) is 12.8 Å². The molecule has 1 atom stereocenters. The molecule has 2 fully saturated rings. The fourth-order valence-corrected chi connectivity index (χ4v) is 4.82. The van der Waals surface area contributed by atoms with E-state index in [1.807, 2.05) is 54.1 Å². The quantitative estimate of drug-likeness (QED) is 0.693. The van der Waals surface area contributed by atoms with E-state index in [2.05, 4.69) is 15.0 Å². The van der Waals surface area contributed by atoms with Gasteiger partial charge in [-0.05, 0) is 57.2 Å². The van der Waals surface area contributed by atoms with Gasteiger partial charge in [0.25, 0.3) is 5.91 Å². The molecule has 0 spiro atoms. The molecular weight excluding hydrogens is 404 g/mol. The maximum absolute atomic E-state index is 13.1. The summed E-state index contributed by atoms with van der Waals surface area (Å²) < 4.78 is 1.79. The Morgan fingerprint density at radius 1 is 1.09 bits per heavy atom. The molecule has 4 heterocycles. The third-order valence-corrected chi connectivity index (χ3v) is 6.60. The second kappa shape index (κ2) is 10.1. The summed E-state index contributed by atoms with van der Waals surface area (Å²) in [5.41, 5.74) is 1.55.